The van der Waals surface area contributed by atoms with Crippen LogP contribution in [0.5, 0.6) is 5.75 Å². The molecule has 4 rings (SSSR count). The molecule has 4 nitrogen and oxygen atoms in total. The van der Waals surface area contributed by atoms with E-state index in [1.54, 1.807) is 19.5 Å². The highest BCUT2D eigenvalue weighted by Gasteiger charge is 2.24. The monoisotopic (exact) mass is 358 g/mol. The highest BCUT2D eigenvalue weighted by Crippen LogP contribution is 2.32. The van der Waals surface area contributed by atoms with Gasteiger partial charge in [-0.2, -0.15) is 0 Å². The molecule has 1 aliphatic rings. The first-order chi connectivity index (χ1) is 13.2. The van der Waals surface area contributed by atoms with Crippen LogP contribution in [0, 0.1) is 0 Å². The SMILES string of the molecule is COc1ccc(CCC(=O)N2CCc3cc(-c4ccncc4)ccc32)cc1. The maximum absolute atomic E-state index is 12.8. The Balaban J connectivity index is 1.44. The quantitative estimate of drug-likeness (QED) is 0.684. The number of hydrogen-bond donors (Lipinski definition) is 0. The Morgan fingerprint density at radius 3 is 2.56 bits per heavy atom. The number of hydrogen-bond acceptors (Lipinski definition) is 3. The number of carbonyl (C=O) groups is 1. The zero-order valence-corrected chi connectivity index (χ0v) is 15.4. The van der Waals surface area contributed by atoms with Crippen molar-refractivity contribution in [1.29, 1.82) is 0 Å². The molecule has 0 radical (unpaired) electrons. The summed E-state index contributed by atoms with van der Waals surface area (Å²) in [6.07, 6.45) is 5.76. The van der Waals surface area contributed by atoms with Crippen molar-refractivity contribution in [3.8, 4) is 16.9 Å². The number of pyridine rings is 1. The number of carbonyl (C=O) groups excluding carboxylic acids is 1. The number of nitrogens with zero attached hydrogens (tertiary/aromatic N) is 2. The van der Waals surface area contributed by atoms with Gasteiger partial charge in [0.2, 0.25) is 5.91 Å². The maximum Gasteiger partial charge on any atom is 0.227 e. The Labute approximate surface area is 159 Å². The Bertz CT molecular complexity index is 936. The summed E-state index contributed by atoms with van der Waals surface area (Å²) >= 11 is 0. The van der Waals surface area contributed by atoms with Gasteiger partial charge in [0.1, 0.15) is 5.75 Å². The molecule has 0 spiro atoms. The van der Waals surface area contributed by atoms with E-state index < -0.39 is 0 Å². The van der Waals surface area contributed by atoms with E-state index in [0.29, 0.717) is 6.42 Å². The van der Waals surface area contributed by atoms with Gasteiger partial charge in [-0.05, 0) is 71.5 Å². The topological polar surface area (TPSA) is 42.4 Å². The summed E-state index contributed by atoms with van der Waals surface area (Å²) in [7, 11) is 1.66. The Morgan fingerprint density at radius 2 is 1.81 bits per heavy atom. The lowest BCUT2D eigenvalue weighted by Gasteiger charge is -2.18. The van der Waals surface area contributed by atoms with Crippen LogP contribution in [0.4, 0.5) is 5.69 Å². The van der Waals surface area contributed by atoms with Crippen molar-refractivity contribution in [2.24, 2.45) is 0 Å². The van der Waals surface area contributed by atoms with Gasteiger partial charge in [0.25, 0.3) is 0 Å². The number of aryl methyl sites for hydroxylation is 1. The minimum absolute atomic E-state index is 0.182. The summed E-state index contributed by atoms with van der Waals surface area (Å²) in [5, 5.41) is 0. The molecule has 1 aliphatic heterocycles. The van der Waals surface area contributed by atoms with Crippen LogP contribution in [0.25, 0.3) is 11.1 Å². The van der Waals surface area contributed by atoms with Crippen molar-refractivity contribution in [1.82, 2.24) is 4.98 Å². The van der Waals surface area contributed by atoms with Crippen molar-refractivity contribution in [3.63, 3.8) is 0 Å². The smallest absolute Gasteiger partial charge is 0.227 e. The van der Waals surface area contributed by atoms with Crippen LogP contribution >= 0.6 is 0 Å². The van der Waals surface area contributed by atoms with Gasteiger partial charge in [-0.25, -0.2) is 0 Å². The van der Waals surface area contributed by atoms with Gasteiger partial charge in [0, 0.05) is 31.0 Å². The molecule has 2 aromatic carbocycles. The molecule has 0 saturated carbocycles. The van der Waals surface area contributed by atoms with Gasteiger partial charge < -0.3 is 9.64 Å². The zero-order valence-electron chi connectivity index (χ0n) is 15.4. The molecule has 1 amide bonds. The van der Waals surface area contributed by atoms with E-state index in [1.807, 2.05) is 41.3 Å². The summed E-state index contributed by atoms with van der Waals surface area (Å²) in [6.45, 7) is 0.760. The number of rotatable bonds is 5. The molecule has 0 bridgehead atoms. The van der Waals surface area contributed by atoms with E-state index in [1.165, 1.54) is 11.1 Å². The number of aromatic nitrogens is 1. The van der Waals surface area contributed by atoms with Crippen LogP contribution in [-0.2, 0) is 17.6 Å². The van der Waals surface area contributed by atoms with Gasteiger partial charge in [-0.3, -0.25) is 9.78 Å². The van der Waals surface area contributed by atoms with Gasteiger partial charge in [0.15, 0.2) is 0 Å². The Hall–Kier alpha value is -3.14. The molecular formula is C23H22N2O2. The number of fused-ring (bicyclic) bond motifs is 1. The first-order valence-electron chi connectivity index (χ1n) is 9.21. The molecule has 1 aromatic heterocycles. The number of amides is 1. The van der Waals surface area contributed by atoms with Gasteiger partial charge in [-0.15, -0.1) is 0 Å². The second-order valence-corrected chi connectivity index (χ2v) is 6.72. The first kappa shape index (κ1) is 17.3. The van der Waals surface area contributed by atoms with E-state index in [9.17, 15) is 4.79 Å². The van der Waals surface area contributed by atoms with Crippen molar-refractivity contribution in [2.45, 2.75) is 19.3 Å². The largest absolute Gasteiger partial charge is 0.497 e. The number of anilines is 1. The van der Waals surface area contributed by atoms with E-state index in [-0.39, 0.29) is 5.91 Å². The van der Waals surface area contributed by atoms with Crippen LogP contribution in [0.1, 0.15) is 17.5 Å². The standard InChI is InChI=1S/C23H22N2O2/c1-27-21-6-2-17(3-7-21)4-9-23(26)25-15-12-20-16-19(5-8-22(20)25)18-10-13-24-14-11-18/h2-3,5-8,10-11,13-14,16H,4,9,12,15H2,1H3. The molecule has 0 fully saturated rings. The van der Waals surface area contributed by atoms with Crippen LogP contribution in [0.3, 0.4) is 0 Å². The van der Waals surface area contributed by atoms with Crippen molar-refractivity contribution >= 4 is 11.6 Å². The zero-order chi connectivity index (χ0) is 18.6. The second-order valence-electron chi connectivity index (χ2n) is 6.72. The summed E-state index contributed by atoms with van der Waals surface area (Å²) in [6, 6.07) is 18.3. The molecule has 0 aliphatic carbocycles. The average molecular weight is 358 g/mol. The normalized spacial score (nSPS) is 12.7. The fraction of sp³-hybridized carbons (Fsp3) is 0.217. The molecule has 136 valence electrons. The predicted molar refractivity (Wildman–Crippen MR) is 107 cm³/mol. The van der Waals surface area contributed by atoms with Gasteiger partial charge in [-0.1, -0.05) is 18.2 Å². The Morgan fingerprint density at radius 1 is 1.04 bits per heavy atom. The van der Waals surface area contributed by atoms with E-state index >= 15 is 0 Å². The lowest BCUT2D eigenvalue weighted by atomic mass is 10.0. The molecule has 0 saturated heterocycles. The molecule has 0 atom stereocenters. The van der Waals surface area contributed by atoms with Gasteiger partial charge >= 0.3 is 0 Å². The molecule has 2 heterocycles. The number of methoxy groups -OCH3 is 1. The molecule has 0 N–H and O–H groups in total. The molecular weight excluding hydrogens is 336 g/mol. The molecule has 27 heavy (non-hydrogen) atoms. The van der Waals surface area contributed by atoms with Crippen LogP contribution in [0.15, 0.2) is 67.0 Å². The lowest BCUT2D eigenvalue weighted by molar-refractivity contribution is -0.118. The summed E-state index contributed by atoms with van der Waals surface area (Å²) < 4.78 is 5.18. The minimum atomic E-state index is 0.182. The maximum atomic E-state index is 12.8. The third-order valence-electron chi connectivity index (χ3n) is 5.08. The summed E-state index contributed by atoms with van der Waals surface area (Å²) in [5.41, 5.74) is 5.76. The average Bonchev–Trinajstić information content (AvgIpc) is 3.16. The molecule has 3 aromatic rings. The van der Waals surface area contributed by atoms with Crippen LogP contribution in [-0.4, -0.2) is 24.5 Å². The van der Waals surface area contributed by atoms with Crippen LogP contribution < -0.4 is 9.64 Å². The van der Waals surface area contributed by atoms with Crippen LogP contribution in [0.2, 0.25) is 0 Å². The van der Waals surface area contributed by atoms with E-state index in [0.717, 1.165) is 42.0 Å². The molecule has 4 heteroatoms. The third kappa shape index (κ3) is 3.70. The highest BCUT2D eigenvalue weighted by molar-refractivity contribution is 5.96. The third-order valence-corrected chi connectivity index (χ3v) is 5.08. The van der Waals surface area contributed by atoms with Gasteiger partial charge in [0.05, 0.1) is 7.11 Å². The van der Waals surface area contributed by atoms with Crippen molar-refractivity contribution in [2.75, 3.05) is 18.6 Å². The van der Waals surface area contributed by atoms with Crippen molar-refractivity contribution in [3.05, 3.63) is 78.1 Å². The minimum Gasteiger partial charge on any atom is -0.497 e. The van der Waals surface area contributed by atoms with E-state index in [2.05, 4.69) is 23.2 Å². The predicted octanol–water partition coefficient (Wildman–Crippen LogP) is 4.28. The highest BCUT2D eigenvalue weighted by atomic mass is 16.5. The van der Waals surface area contributed by atoms with E-state index in [4.69, 9.17) is 4.74 Å². The second kappa shape index (κ2) is 7.62. The fourth-order valence-corrected chi connectivity index (χ4v) is 3.56. The van der Waals surface area contributed by atoms with Crippen molar-refractivity contribution < 1.29 is 9.53 Å². The number of ether oxygens (including phenoxy) is 1. The fourth-order valence-electron chi connectivity index (χ4n) is 3.56. The Kier molecular flexibility index (Phi) is 4.88. The first-order valence-corrected chi connectivity index (χ1v) is 9.21. The summed E-state index contributed by atoms with van der Waals surface area (Å²) in [4.78, 5) is 18.8. The lowest BCUT2D eigenvalue weighted by Crippen LogP contribution is -2.29. The number of benzene rings is 2. The molecule has 0 unspecified atom stereocenters. The summed E-state index contributed by atoms with van der Waals surface area (Å²) in [5.74, 6) is 1.02.